The van der Waals surface area contributed by atoms with Crippen LogP contribution in [0.1, 0.15) is 37.9 Å². The molecule has 1 N–H and O–H groups in total. The highest BCUT2D eigenvalue weighted by Gasteiger charge is 2.22. The number of aromatic nitrogens is 1. The number of rotatable bonds is 2. The Bertz CT molecular complexity index is 245. The van der Waals surface area contributed by atoms with Crippen LogP contribution in [-0.2, 0) is 0 Å². The predicted octanol–water partition coefficient (Wildman–Crippen LogP) is 2.59. The number of hydrogen-bond acceptors (Lipinski definition) is 3. The fourth-order valence-electron chi connectivity index (χ4n) is 1.99. The van der Waals surface area contributed by atoms with E-state index >= 15 is 0 Å². The van der Waals surface area contributed by atoms with E-state index in [1.807, 2.05) is 5.51 Å². The molecule has 0 radical (unpaired) electrons. The van der Waals surface area contributed by atoms with Crippen molar-refractivity contribution < 1.29 is 0 Å². The van der Waals surface area contributed by atoms with Gasteiger partial charge in [-0.2, -0.15) is 0 Å². The van der Waals surface area contributed by atoms with Crippen LogP contribution in [0.25, 0.3) is 0 Å². The molecule has 0 bridgehead atoms. The normalized spacial score (nSPS) is 29.0. The van der Waals surface area contributed by atoms with Gasteiger partial charge in [-0.15, -0.1) is 11.3 Å². The van der Waals surface area contributed by atoms with Crippen LogP contribution in [-0.4, -0.2) is 11.5 Å². The third kappa shape index (κ3) is 2.09. The van der Waals surface area contributed by atoms with E-state index in [2.05, 4.69) is 22.6 Å². The molecular weight excluding hydrogens is 180 g/mol. The Morgan fingerprint density at radius 1 is 1.69 bits per heavy atom. The summed E-state index contributed by atoms with van der Waals surface area (Å²) >= 11 is 1.69. The van der Waals surface area contributed by atoms with E-state index in [0.717, 1.165) is 12.5 Å². The lowest BCUT2D eigenvalue weighted by atomic mass is 9.89. The molecule has 1 aliphatic rings. The first-order chi connectivity index (χ1) is 6.40. The molecule has 13 heavy (non-hydrogen) atoms. The van der Waals surface area contributed by atoms with Crippen LogP contribution in [0.3, 0.4) is 0 Å². The van der Waals surface area contributed by atoms with E-state index in [1.54, 1.807) is 11.3 Å². The van der Waals surface area contributed by atoms with Crippen molar-refractivity contribution in [3.05, 3.63) is 16.6 Å². The zero-order valence-electron chi connectivity index (χ0n) is 7.99. The van der Waals surface area contributed by atoms with Crippen LogP contribution >= 0.6 is 11.3 Å². The molecule has 0 amide bonds. The van der Waals surface area contributed by atoms with E-state index in [9.17, 15) is 0 Å². The van der Waals surface area contributed by atoms with Crippen LogP contribution in [0.2, 0.25) is 0 Å². The summed E-state index contributed by atoms with van der Waals surface area (Å²) in [6.07, 6.45) is 3.90. The second-order valence-corrected chi connectivity index (χ2v) is 4.44. The molecule has 0 aromatic carbocycles. The highest BCUT2D eigenvalue weighted by Crippen LogP contribution is 2.28. The standard InChI is InChI=1S/C10H16N2S/c1-2-8-3-4-11-9(5-8)10-6-13-7-12-10/h6-9,11H,2-5H2,1H3. The lowest BCUT2D eigenvalue weighted by Gasteiger charge is -2.28. The van der Waals surface area contributed by atoms with Gasteiger partial charge < -0.3 is 5.32 Å². The quantitative estimate of drug-likeness (QED) is 0.786. The van der Waals surface area contributed by atoms with Crippen molar-refractivity contribution in [2.75, 3.05) is 6.54 Å². The minimum atomic E-state index is 0.518. The van der Waals surface area contributed by atoms with Gasteiger partial charge in [0, 0.05) is 5.38 Å². The maximum absolute atomic E-state index is 4.36. The minimum absolute atomic E-state index is 0.518. The van der Waals surface area contributed by atoms with Crippen molar-refractivity contribution in [2.45, 2.75) is 32.2 Å². The van der Waals surface area contributed by atoms with Gasteiger partial charge in [0.05, 0.1) is 17.2 Å². The summed E-state index contributed by atoms with van der Waals surface area (Å²) in [7, 11) is 0. The predicted molar refractivity (Wildman–Crippen MR) is 55.9 cm³/mol. The molecule has 1 saturated heterocycles. The molecule has 2 unspecified atom stereocenters. The molecule has 2 heterocycles. The van der Waals surface area contributed by atoms with E-state index in [-0.39, 0.29) is 0 Å². The second-order valence-electron chi connectivity index (χ2n) is 3.72. The molecule has 0 saturated carbocycles. The van der Waals surface area contributed by atoms with Crippen molar-refractivity contribution in [1.29, 1.82) is 0 Å². The average Bonchev–Trinajstić information content (AvgIpc) is 2.71. The summed E-state index contributed by atoms with van der Waals surface area (Å²) in [6.45, 7) is 3.44. The van der Waals surface area contributed by atoms with Gasteiger partial charge >= 0.3 is 0 Å². The van der Waals surface area contributed by atoms with Gasteiger partial charge in [-0.3, -0.25) is 0 Å². The van der Waals surface area contributed by atoms with E-state index in [4.69, 9.17) is 0 Å². The zero-order chi connectivity index (χ0) is 9.10. The van der Waals surface area contributed by atoms with Crippen molar-refractivity contribution in [1.82, 2.24) is 10.3 Å². The first kappa shape index (κ1) is 9.16. The third-order valence-electron chi connectivity index (χ3n) is 2.90. The van der Waals surface area contributed by atoms with Gasteiger partial charge in [0.1, 0.15) is 0 Å². The summed E-state index contributed by atoms with van der Waals surface area (Å²) in [4.78, 5) is 4.36. The number of nitrogens with one attached hydrogen (secondary N) is 1. The number of piperidine rings is 1. The Kier molecular flexibility index (Phi) is 2.96. The molecule has 1 aliphatic heterocycles. The van der Waals surface area contributed by atoms with Crippen molar-refractivity contribution in [2.24, 2.45) is 5.92 Å². The molecular formula is C10H16N2S. The summed E-state index contributed by atoms with van der Waals surface area (Å²) < 4.78 is 0. The Hall–Kier alpha value is -0.410. The summed E-state index contributed by atoms with van der Waals surface area (Å²) in [5, 5.41) is 5.69. The van der Waals surface area contributed by atoms with Crippen LogP contribution < -0.4 is 5.32 Å². The van der Waals surface area contributed by atoms with E-state index in [0.29, 0.717) is 6.04 Å². The van der Waals surface area contributed by atoms with Crippen molar-refractivity contribution >= 4 is 11.3 Å². The maximum atomic E-state index is 4.36. The molecule has 72 valence electrons. The van der Waals surface area contributed by atoms with Gasteiger partial charge in [-0.25, -0.2) is 4.98 Å². The van der Waals surface area contributed by atoms with E-state index < -0.39 is 0 Å². The van der Waals surface area contributed by atoms with Crippen molar-refractivity contribution in [3.8, 4) is 0 Å². The highest BCUT2D eigenvalue weighted by molar-refractivity contribution is 7.07. The molecule has 1 aromatic rings. The monoisotopic (exact) mass is 196 g/mol. The fourth-order valence-corrected chi connectivity index (χ4v) is 2.59. The molecule has 2 rings (SSSR count). The third-order valence-corrected chi connectivity index (χ3v) is 3.50. The first-order valence-electron chi connectivity index (χ1n) is 5.01. The fraction of sp³-hybridized carbons (Fsp3) is 0.700. The SMILES string of the molecule is CCC1CCNC(c2cscn2)C1. The summed E-state index contributed by atoms with van der Waals surface area (Å²) in [5.74, 6) is 0.896. The van der Waals surface area contributed by atoms with Crippen LogP contribution in [0.4, 0.5) is 0 Å². The molecule has 2 atom stereocenters. The average molecular weight is 196 g/mol. The number of thiazole rings is 1. The lowest BCUT2D eigenvalue weighted by molar-refractivity contribution is 0.296. The smallest absolute Gasteiger partial charge is 0.0795 e. The second kappa shape index (κ2) is 4.20. The van der Waals surface area contributed by atoms with Gasteiger partial charge in [0.25, 0.3) is 0 Å². The number of hydrogen-bond donors (Lipinski definition) is 1. The van der Waals surface area contributed by atoms with Crippen LogP contribution in [0.15, 0.2) is 10.9 Å². The Balaban J connectivity index is 2.00. The number of nitrogens with zero attached hydrogens (tertiary/aromatic N) is 1. The Morgan fingerprint density at radius 2 is 2.62 bits per heavy atom. The maximum Gasteiger partial charge on any atom is 0.0795 e. The van der Waals surface area contributed by atoms with Gasteiger partial charge in [-0.05, 0) is 25.3 Å². The van der Waals surface area contributed by atoms with E-state index in [1.165, 1.54) is 25.0 Å². The summed E-state index contributed by atoms with van der Waals surface area (Å²) in [5.41, 5.74) is 3.16. The summed E-state index contributed by atoms with van der Waals surface area (Å²) in [6, 6.07) is 0.518. The lowest BCUT2D eigenvalue weighted by Crippen LogP contribution is -2.31. The molecule has 1 aromatic heterocycles. The van der Waals surface area contributed by atoms with Crippen molar-refractivity contribution in [3.63, 3.8) is 0 Å². The van der Waals surface area contributed by atoms with Crippen LogP contribution in [0.5, 0.6) is 0 Å². The highest BCUT2D eigenvalue weighted by atomic mass is 32.1. The molecule has 0 spiro atoms. The molecule has 2 nitrogen and oxygen atoms in total. The topological polar surface area (TPSA) is 24.9 Å². The zero-order valence-corrected chi connectivity index (χ0v) is 8.81. The Morgan fingerprint density at radius 3 is 3.31 bits per heavy atom. The van der Waals surface area contributed by atoms with Crippen LogP contribution in [0, 0.1) is 5.92 Å². The molecule has 3 heteroatoms. The first-order valence-corrected chi connectivity index (χ1v) is 5.96. The largest absolute Gasteiger partial charge is 0.309 e. The minimum Gasteiger partial charge on any atom is -0.309 e. The van der Waals surface area contributed by atoms with Gasteiger partial charge in [-0.1, -0.05) is 13.3 Å². The Labute approximate surface area is 83.4 Å². The van der Waals surface area contributed by atoms with Gasteiger partial charge in [0.15, 0.2) is 0 Å². The molecule has 0 aliphatic carbocycles. The molecule has 1 fully saturated rings. The van der Waals surface area contributed by atoms with Gasteiger partial charge in [0.2, 0.25) is 0 Å².